The van der Waals surface area contributed by atoms with E-state index < -0.39 is 10.0 Å². The van der Waals surface area contributed by atoms with Crippen LogP contribution in [0.2, 0.25) is 0 Å². The van der Waals surface area contributed by atoms with Gasteiger partial charge in [0.25, 0.3) is 0 Å². The van der Waals surface area contributed by atoms with Gasteiger partial charge in [0.2, 0.25) is 10.0 Å². The lowest BCUT2D eigenvalue weighted by Crippen LogP contribution is -2.29. The SMILES string of the molecule is CCc1ccc(S(=O)(=O)N(C)CC2CC2)cc1CO. The Kier molecular flexibility index (Phi) is 4.28. The van der Waals surface area contributed by atoms with Gasteiger partial charge in [-0.05, 0) is 48.4 Å². The summed E-state index contributed by atoms with van der Waals surface area (Å²) in [6.07, 6.45) is 3.03. The van der Waals surface area contributed by atoms with E-state index in [1.165, 1.54) is 4.31 Å². The molecule has 0 aromatic heterocycles. The molecule has 0 amide bonds. The van der Waals surface area contributed by atoms with Crippen molar-refractivity contribution < 1.29 is 13.5 Å². The molecular formula is C14H21NO3S. The van der Waals surface area contributed by atoms with E-state index in [-0.39, 0.29) is 11.5 Å². The Morgan fingerprint density at radius 1 is 1.32 bits per heavy atom. The molecule has 1 saturated carbocycles. The molecular weight excluding hydrogens is 262 g/mol. The van der Waals surface area contributed by atoms with Crippen LogP contribution in [0.5, 0.6) is 0 Å². The van der Waals surface area contributed by atoms with Crippen molar-refractivity contribution in [1.82, 2.24) is 4.31 Å². The maximum atomic E-state index is 12.4. The molecule has 1 fully saturated rings. The molecule has 1 aromatic rings. The minimum absolute atomic E-state index is 0.126. The van der Waals surface area contributed by atoms with Crippen LogP contribution in [0.1, 0.15) is 30.9 Å². The van der Waals surface area contributed by atoms with Crippen molar-refractivity contribution in [2.45, 2.75) is 37.7 Å². The first-order chi connectivity index (χ1) is 8.98. The van der Waals surface area contributed by atoms with Gasteiger partial charge in [0, 0.05) is 13.6 Å². The van der Waals surface area contributed by atoms with Crippen molar-refractivity contribution in [2.24, 2.45) is 5.92 Å². The van der Waals surface area contributed by atoms with Crippen molar-refractivity contribution in [3.8, 4) is 0 Å². The number of hydrogen-bond acceptors (Lipinski definition) is 3. The smallest absolute Gasteiger partial charge is 0.242 e. The lowest BCUT2D eigenvalue weighted by atomic mass is 10.1. The second-order valence-corrected chi connectivity index (χ2v) is 7.22. The number of hydrogen-bond donors (Lipinski definition) is 1. The van der Waals surface area contributed by atoms with Crippen LogP contribution < -0.4 is 0 Å². The highest BCUT2D eigenvalue weighted by atomic mass is 32.2. The quantitative estimate of drug-likeness (QED) is 0.865. The minimum atomic E-state index is -3.43. The monoisotopic (exact) mass is 283 g/mol. The van der Waals surface area contributed by atoms with Gasteiger partial charge in [0.15, 0.2) is 0 Å². The van der Waals surface area contributed by atoms with Gasteiger partial charge in [-0.3, -0.25) is 0 Å². The zero-order chi connectivity index (χ0) is 14.0. The van der Waals surface area contributed by atoms with E-state index >= 15 is 0 Å². The van der Waals surface area contributed by atoms with Gasteiger partial charge >= 0.3 is 0 Å². The van der Waals surface area contributed by atoms with Gasteiger partial charge in [0.05, 0.1) is 11.5 Å². The van der Waals surface area contributed by atoms with Crippen LogP contribution in [0.15, 0.2) is 23.1 Å². The molecule has 1 N–H and O–H groups in total. The van der Waals surface area contributed by atoms with E-state index in [0.717, 1.165) is 24.8 Å². The zero-order valence-electron chi connectivity index (χ0n) is 11.5. The summed E-state index contributed by atoms with van der Waals surface area (Å²) < 4.78 is 26.2. The molecule has 5 heteroatoms. The van der Waals surface area contributed by atoms with Crippen molar-refractivity contribution in [3.63, 3.8) is 0 Å². The first kappa shape index (κ1) is 14.5. The number of aryl methyl sites for hydroxylation is 1. The third-order valence-electron chi connectivity index (χ3n) is 3.65. The summed E-state index contributed by atoms with van der Waals surface area (Å²) in [6.45, 7) is 2.45. The maximum absolute atomic E-state index is 12.4. The summed E-state index contributed by atoms with van der Waals surface area (Å²) in [4.78, 5) is 0.275. The summed E-state index contributed by atoms with van der Waals surface area (Å²) in [5.41, 5.74) is 1.69. The molecule has 0 aliphatic heterocycles. The Labute approximate surface area is 115 Å². The van der Waals surface area contributed by atoms with E-state index in [2.05, 4.69) is 0 Å². The predicted octanol–water partition coefficient (Wildman–Crippen LogP) is 1.77. The van der Waals surface area contributed by atoms with E-state index in [9.17, 15) is 13.5 Å². The van der Waals surface area contributed by atoms with Crippen LogP contribution in [0.3, 0.4) is 0 Å². The fourth-order valence-electron chi connectivity index (χ4n) is 2.20. The first-order valence-electron chi connectivity index (χ1n) is 6.68. The predicted molar refractivity (Wildman–Crippen MR) is 74.3 cm³/mol. The largest absolute Gasteiger partial charge is 0.392 e. The van der Waals surface area contributed by atoms with Gasteiger partial charge in [-0.1, -0.05) is 13.0 Å². The molecule has 1 aliphatic carbocycles. The normalized spacial score (nSPS) is 16.0. The Morgan fingerprint density at radius 3 is 2.53 bits per heavy atom. The molecule has 19 heavy (non-hydrogen) atoms. The number of benzene rings is 1. The highest BCUT2D eigenvalue weighted by Gasteiger charge is 2.29. The second kappa shape index (κ2) is 5.61. The number of rotatable bonds is 6. The molecule has 2 rings (SSSR count). The van der Waals surface area contributed by atoms with Gasteiger partial charge in [-0.25, -0.2) is 12.7 Å². The third kappa shape index (κ3) is 3.16. The third-order valence-corrected chi connectivity index (χ3v) is 5.47. The number of nitrogens with zero attached hydrogens (tertiary/aromatic N) is 1. The molecule has 0 radical (unpaired) electrons. The molecule has 0 heterocycles. The molecule has 0 spiro atoms. The maximum Gasteiger partial charge on any atom is 0.242 e. The van der Waals surface area contributed by atoms with E-state index in [0.29, 0.717) is 18.0 Å². The molecule has 106 valence electrons. The van der Waals surface area contributed by atoms with Crippen LogP contribution in [0, 0.1) is 5.92 Å². The van der Waals surface area contributed by atoms with Gasteiger partial charge in [-0.2, -0.15) is 0 Å². The molecule has 0 unspecified atom stereocenters. The summed E-state index contributed by atoms with van der Waals surface area (Å²) >= 11 is 0. The van der Waals surface area contributed by atoms with E-state index in [4.69, 9.17) is 0 Å². The Hall–Kier alpha value is -0.910. The number of aliphatic hydroxyl groups excluding tert-OH is 1. The second-order valence-electron chi connectivity index (χ2n) is 5.17. The fraction of sp³-hybridized carbons (Fsp3) is 0.571. The topological polar surface area (TPSA) is 57.6 Å². The van der Waals surface area contributed by atoms with Crippen molar-refractivity contribution in [2.75, 3.05) is 13.6 Å². The van der Waals surface area contributed by atoms with E-state index in [1.54, 1.807) is 25.2 Å². The van der Waals surface area contributed by atoms with Crippen molar-refractivity contribution in [1.29, 1.82) is 0 Å². The molecule has 1 aliphatic rings. The van der Waals surface area contributed by atoms with Crippen LogP contribution in [-0.4, -0.2) is 31.4 Å². The fourth-order valence-corrected chi connectivity index (χ4v) is 3.50. The van der Waals surface area contributed by atoms with Gasteiger partial charge in [-0.15, -0.1) is 0 Å². The van der Waals surface area contributed by atoms with Crippen LogP contribution in [0.4, 0.5) is 0 Å². The van der Waals surface area contributed by atoms with E-state index in [1.807, 2.05) is 6.92 Å². The summed E-state index contributed by atoms with van der Waals surface area (Å²) in [6, 6.07) is 5.03. The lowest BCUT2D eigenvalue weighted by Gasteiger charge is -2.18. The highest BCUT2D eigenvalue weighted by Crippen LogP contribution is 2.31. The average Bonchev–Trinajstić information content (AvgIpc) is 3.21. The molecule has 0 atom stereocenters. The average molecular weight is 283 g/mol. The highest BCUT2D eigenvalue weighted by molar-refractivity contribution is 7.89. The van der Waals surface area contributed by atoms with Crippen LogP contribution in [-0.2, 0) is 23.1 Å². The summed E-state index contributed by atoms with van der Waals surface area (Å²) in [5, 5.41) is 9.33. The van der Waals surface area contributed by atoms with Gasteiger partial charge in [0.1, 0.15) is 0 Å². The molecule has 0 saturated heterocycles. The summed E-state index contributed by atoms with van der Waals surface area (Å²) in [5.74, 6) is 0.520. The van der Waals surface area contributed by atoms with Crippen molar-refractivity contribution >= 4 is 10.0 Å². The number of aliphatic hydroxyl groups is 1. The Morgan fingerprint density at radius 2 is 2.00 bits per heavy atom. The molecule has 1 aromatic carbocycles. The molecule has 4 nitrogen and oxygen atoms in total. The van der Waals surface area contributed by atoms with Gasteiger partial charge < -0.3 is 5.11 Å². The van der Waals surface area contributed by atoms with Crippen molar-refractivity contribution in [3.05, 3.63) is 29.3 Å². The lowest BCUT2D eigenvalue weighted by molar-refractivity contribution is 0.280. The number of sulfonamides is 1. The first-order valence-corrected chi connectivity index (χ1v) is 8.12. The standard InChI is InChI=1S/C14H21NO3S/c1-3-12-6-7-14(8-13(12)10-16)19(17,18)15(2)9-11-4-5-11/h6-8,11,16H,3-5,9-10H2,1-2H3. The minimum Gasteiger partial charge on any atom is -0.392 e. The zero-order valence-corrected chi connectivity index (χ0v) is 12.3. The Bertz CT molecular complexity index is 550. The van der Waals surface area contributed by atoms with Crippen LogP contribution in [0.25, 0.3) is 0 Å². The van der Waals surface area contributed by atoms with Crippen LogP contribution >= 0.6 is 0 Å². The Balaban J connectivity index is 2.28. The summed E-state index contributed by atoms with van der Waals surface area (Å²) in [7, 11) is -1.80. The molecule has 0 bridgehead atoms.